The minimum absolute atomic E-state index is 0.136. The number of likely N-dealkylation sites (tertiary alicyclic amines) is 1. The highest BCUT2D eigenvalue weighted by atomic mass is 16.3. The van der Waals surface area contributed by atoms with Gasteiger partial charge in [0.05, 0.1) is 12.2 Å². The fourth-order valence-corrected chi connectivity index (χ4v) is 4.65. The molecular formula is C20H22N4O. The van der Waals surface area contributed by atoms with Gasteiger partial charge in [0, 0.05) is 23.5 Å². The normalized spacial score (nSPS) is 23.4. The molecule has 2 N–H and O–H groups in total. The van der Waals surface area contributed by atoms with Crippen LogP contribution in [0.3, 0.4) is 0 Å². The van der Waals surface area contributed by atoms with Crippen LogP contribution >= 0.6 is 0 Å². The van der Waals surface area contributed by atoms with Gasteiger partial charge in [0.1, 0.15) is 11.3 Å². The van der Waals surface area contributed by atoms with E-state index in [0.717, 1.165) is 43.8 Å². The maximum Gasteiger partial charge on any atom is 0.220 e. The summed E-state index contributed by atoms with van der Waals surface area (Å²) in [7, 11) is 0. The number of rotatable bonds is 2. The summed E-state index contributed by atoms with van der Waals surface area (Å²) in [6.45, 7) is 2.98. The molecule has 1 fully saturated rings. The van der Waals surface area contributed by atoms with Crippen LogP contribution in [0.4, 0.5) is 5.95 Å². The van der Waals surface area contributed by atoms with Gasteiger partial charge >= 0.3 is 0 Å². The van der Waals surface area contributed by atoms with Gasteiger partial charge in [0.2, 0.25) is 5.95 Å². The molecule has 2 aromatic heterocycles. The number of nitrogen functional groups attached to an aromatic ring is 1. The summed E-state index contributed by atoms with van der Waals surface area (Å²) in [6.07, 6.45) is 6.51. The molecule has 3 aromatic rings. The van der Waals surface area contributed by atoms with E-state index in [-0.39, 0.29) is 5.41 Å². The SMILES string of the molecule is Nc1ncc2c(n1)C1(CCCN(Cc3cc4ccccc4o3)C1)CC2. The van der Waals surface area contributed by atoms with Crippen LogP contribution in [-0.4, -0.2) is 28.0 Å². The van der Waals surface area contributed by atoms with Crippen molar-refractivity contribution in [2.45, 2.75) is 37.6 Å². The van der Waals surface area contributed by atoms with Gasteiger partial charge in [-0.3, -0.25) is 4.90 Å². The van der Waals surface area contributed by atoms with Crippen LogP contribution in [0.5, 0.6) is 0 Å². The zero-order valence-corrected chi connectivity index (χ0v) is 14.2. The van der Waals surface area contributed by atoms with E-state index in [4.69, 9.17) is 10.2 Å². The van der Waals surface area contributed by atoms with Crippen molar-refractivity contribution in [2.24, 2.45) is 0 Å². The number of hydrogen-bond acceptors (Lipinski definition) is 5. The molecule has 128 valence electrons. The van der Waals surface area contributed by atoms with E-state index in [9.17, 15) is 0 Å². The third-order valence-electron chi connectivity index (χ3n) is 5.77. The molecule has 1 unspecified atom stereocenters. The second-order valence-electron chi connectivity index (χ2n) is 7.45. The average Bonchev–Trinajstić information content (AvgIpc) is 3.17. The first kappa shape index (κ1) is 14.9. The lowest BCUT2D eigenvalue weighted by Gasteiger charge is -2.40. The zero-order chi connectivity index (χ0) is 16.9. The quantitative estimate of drug-likeness (QED) is 0.779. The Labute approximate surface area is 146 Å². The second kappa shape index (κ2) is 5.56. The molecule has 0 saturated carbocycles. The second-order valence-corrected chi connectivity index (χ2v) is 7.45. The van der Waals surface area contributed by atoms with E-state index in [2.05, 4.69) is 33.1 Å². The van der Waals surface area contributed by atoms with Crippen molar-refractivity contribution in [3.63, 3.8) is 0 Å². The minimum Gasteiger partial charge on any atom is -0.460 e. The molecule has 0 radical (unpaired) electrons. The van der Waals surface area contributed by atoms with Crippen LogP contribution in [0.1, 0.15) is 36.3 Å². The van der Waals surface area contributed by atoms with Crippen molar-refractivity contribution < 1.29 is 4.42 Å². The molecular weight excluding hydrogens is 312 g/mol. The third-order valence-corrected chi connectivity index (χ3v) is 5.77. The minimum atomic E-state index is 0.136. The summed E-state index contributed by atoms with van der Waals surface area (Å²) < 4.78 is 6.02. The van der Waals surface area contributed by atoms with Crippen molar-refractivity contribution in [3.8, 4) is 0 Å². The number of aryl methyl sites for hydroxylation is 1. The summed E-state index contributed by atoms with van der Waals surface area (Å²) in [6, 6.07) is 10.4. The van der Waals surface area contributed by atoms with Gasteiger partial charge in [-0.2, -0.15) is 0 Å². The van der Waals surface area contributed by atoms with Gasteiger partial charge in [-0.1, -0.05) is 18.2 Å². The van der Waals surface area contributed by atoms with E-state index in [1.54, 1.807) is 0 Å². The first-order chi connectivity index (χ1) is 12.2. The number of piperidine rings is 1. The Morgan fingerprint density at radius 3 is 3.08 bits per heavy atom. The van der Waals surface area contributed by atoms with Gasteiger partial charge < -0.3 is 10.2 Å². The Morgan fingerprint density at radius 1 is 1.24 bits per heavy atom. The first-order valence-electron chi connectivity index (χ1n) is 9.04. The van der Waals surface area contributed by atoms with Crippen molar-refractivity contribution in [3.05, 3.63) is 53.5 Å². The monoisotopic (exact) mass is 334 g/mol. The predicted molar refractivity (Wildman–Crippen MR) is 97.2 cm³/mol. The van der Waals surface area contributed by atoms with Gasteiger partial charge in [-0.25, -0.2) is 9.97 Å². The fraction of sp³-hybridized carbons (Fsp3) is 0.400. The molecule has 1 aromatic carbocycles. The molecule has 5 heteroatoms. The number of para-hydroxylation sites is 1. The molecule has 1 aliphatic carbocycles. The van der Waals surface area contributed by atoms with E-state index in [1.807, 2.05) is 18.3 Å². The molecule has 1 aliphatic heterocycles. The number of furan rings is 1. The number of nitrogens with zero attached hydrogens (tertiary/aromatic N) is 3. The standard InChI is InChI=1S/C20H22N4O/c21-19-22-11-15-6-8-20(18(15)23-19)7-3-9-24(13-20)12-16-10-14-4-1-2-5-17(14)25-16/h1-2,4-5,10-11H,3,6-9,12-13H2,(H2,21,22,23). The first-order valence-corrected chi connectivity index (χ1v) is 9.04. The molecule has 5 nitrogen and oxygen atoms in total. The molecule has 25 heavy (non-hydrogen) atoms. The van der Waals surface area contributed by atoms with Gasteiger partial charge in [-0.15, -0.1) is 0 Å². The predicted octanol–water partition coefficient (Wildman–Crippen LogP) is 3.29. The fourth-order valence-electron chi connectivity index (χ4n) is 4.65. The summed E-state index contributed by atoms with van der Waals surface area (Å²) in [4.78, 5) is 11.3. The summed E-state index contributed by atoms with van der Waals surface area (Å²) in [5, 5.41) is 1.18. The van der Waals surface area contributed by atoms with E-state index in [1.165, 1.54) is 29.5 Å². The van der Waals surface area contributed by atoms with Gasteiger partial charge in [0.25, 0.3) is 0 Å². The van der Waals surface area contributed by atoms with Crippen molar-refractivity contribution in [1.82, 2.24) is 14.9 Å². The number of anilines is 1. The smallest absolute Gasteiger partial charge is 0.220 e. The van der Waals surface area contributed by atoms with Crippen LogP contribution in [0.2, 0.25) is 0 Å². The number of fused-ring (bicyclic) bond motifs is 3. The van der Waals surface area contributed by atoms with Crippen LogP contribution < -0.4 is 5.73 Å². The van der Waals surface area contributed by atoms with Crippen LogP contribution in [-0.2, 0) is 18.4 Å². The van der Waals surface area contributed by atoms with Crippen LogP contribution in [0.15, 0.2) is 40.9 Å². The maximum atomic E-state index is 6.02. The lowest BCUT2D eigenvalue weighted by molar-refractivity contribution is 0.129. The molecule has 5 rings (SSSR count). The van der Waals surface area contributed by atoms with E-state index < -0.39 is 0 Å². The molecule has 2 aliphatic rings. The number of hydrogen-bond donors (Lipinski definition) is 1. The topological polar surface area (TPSA) is 68.2 Å². The molecule has 3 heterocycles. The highest BCUT2D eigenvalue weighted by Crippen LogP contribution is 2.44. The van der Waals surface area contributed by atoms with E-state index in [0.29, 0.717) is 5.95 Å². The van der Waals surface area contributed by atoms with Crippen molar-refractivity contribution in [2.75, 3.05) is 18.8 Å². The van der Waals surface area contributed by atoms with Crippen molar-refractivity contribution >= 4 is 16.9 Å². The summed E-state index contributed by atoms with van der Waals surface area (Å²) >= 11 is 0. The Balaban J connectivity index is 1.41. The molecule has 0 amide bonds. The van der Waals surface area contributed by atoms with Crippen LogP contribution in [0, 0.1) is 0 Å². The molecule has 1 atom stereocenters. The maximum absolute atomic E-state index is 6.02. The average molecular weight is 334 g/mol. The number of nitrogens with two attached hydrogens (primary N) is 1. The Morgan fingerprint density at radius 2 is 2.16 bits per heavy atom. The highest BCUT2D eigenvalue weighted by Gasteiger charge is 2.43. The Hall–Kier alpha value is -2.40. The number of aromatic nitrogens is 2. The lowest BCUT2D eigenvalue weighted by atomic mass is 9.77. The summed E-state index contributed by atoms with van der Waals surface area (Å²) in [5.41, 5.74) is 9.44. The van der Waals surface area contributed by atoms with Crippen LogP contribution in [0.25, 0.3) is 11.0 Å². The Bertz CT molecular complexity index is 897. The lowest BCUT2D eigenvalue weighted by Crippen LogP contribution is -2.45. The molecule has 0 bridgehead atoms. The van der Waals surface area contributed by atoms with Gasteiger partial charge in [0.15, 0.2) is 0 Å². The highest BCUT2D eigenvalue weighted by molar-refractivity contribution is 5.77. The largest absolute Gasteiger partial charge is 0.460 e. The third kappa shape index (κ3) is 2.50. The van der Waals surface area contributed by atoms with Gasteiger partial charge in [-0.05, 0) is 49.9 Å². The molecule has 1 spiro atoms. The zero-order valence-electron chi connectivity index (χ0n) is 14.2. The molecule has 1 saturated heterocycles. The Kier molecular flexibility index (Phi) is 3.31. The van der Waals surface area contributed by atoms with E-state index >= 15 is 0 Å². The summed E-state index contributed by atoms with van der Waals surface area (Å²) in [5.74, 6) is 1.44. The number of benzene rings is 1. The van der Waals surface area contributed by atoms with Crippen molar-refractivity contribution in [1.29, 1.82) is 0 Å².